The van der Waals surface area contributed by atoms with Crippen LogP contribution in [0.3, 0.4) is 0 Å². The van der Waals surface area contributed by atoms with Crippen LogP contribution in [-0.4, -0.2) is 60.7 Å². The van der Waals surface area contributed by atoms with E-state index in [2.05, 4.69) is 20.5 Å². The number of anilines is 4. The van der Waals surface area contributed by atoms with Crippen molar-refractivity contribution < 1.29 is 18.7 Å². The molecule has 0 radical (unpaired) electrons. The second kappa shape index (κ2) is 10.3. The number of hydrogen-bond donors (Lipinski definition) is 2. The first kappa shape index (κ1) is 25.8. The lowest BCUT2D eigenvalue weighted by molar-refractivity contribution is -0.122. The molecule has 1 spiro atoms. The number of halogens is 1. The quantitative estimate of drug-likeness (QED) is 0.550. The summed E-state index contributed by atoms with van der Waals surface area (Å²) >= 11 is 0. The van der Waals surface area contributed by atoms with E-state index in [1.54, 1.807) is 36.4 Å². The molecule has 0 bridgehead atoms. The van der Waals surface area contributed by atoms with E-state index in [1.807, 2.05) is 7.05 Å². The van der Waals surface area contributed by atoms with Crippen LogP contribution in [-0.2, 0) is 4.79 Å². The highest BCUT2D eigenvalue weighted by atomic mass is 19.1. The van der Waals surface area contributed by atoms with E-state index < -0.39 is 6.17 Å². The molecule has 208 valence electrons. The molecule has 4 aliphatic rings. The summed E-state index contributed by atoms with van der Waals surface area (Å²) < 4.78 is 19.1. The summed E-state index contributed by atoms with van der Waals surface area (Å²) in [7, 11) is 3.38. The van der Waals surface area contributed by atoms with Crippen molar-refractivity contribution in [3.8, 4) is 5.75 Å². The van der Waals surface area contributed by atoms with Crippen molar-refractivity contribution in [3.05, 3.63) is 30.0 Å². The molecule has 2 N–H and O–H groups in total. The SMILES string of the molecule is COc1cc(C(=O)N[C@H]2CC[C@H](F)CC2)ccc1Nc1ncc2c(n1)N(C1CCCC1)CC1(CC1)C(=O)N2C. The second-order valence-corrected chi connectivity index (χ2v) is 11.6. The number of aromatic nitrogens is 2. The van der Waals surface area contributed by atoms with Gasteiger partial charge in [-0.1, -0.05) is 12.8 Å². The van der Waals surface area contributed by atoms with E-state index in [4.69, 9.17) is 9.72 Å². The summed E-state index contributed by atoms with van der Waals surface area (Å²) in [6, 6.07) is 5.57. The van der Waals surface area contributed by atoms with Gasteiger partial charge >= 0.3 is 0 Å². The number of nitrogens with zero attached hydrogens (tertiary/aromatic N) is 4. The minimum atomic E-state index is -0.764. The van der Waals surface area contributed by atoms with Crippen molar-refractivity contribution >= 4 is 35.0 Å². The summed E-state index contributed by atoms with van der Waals surface area (Å²) in [5.41, 5.74) is 1.54. The summed E-state index contributed by atoms with van der Waals surface area (Å²) in [6.07, 6.45) is 9.67. The van der Waals surface area contributed by atoms with Gasteiger partial charge in [0.05, 0.1) is 24.4 Å². The molecule has 0 atom stereocenters. The maximum atomic E-state index is 13.5. The molecule has 3 saturated carbocycles. The first-order valence-electron chi connectivity index (χ1n) is 14.2. The zero-order chi connectivity index (χ0) is 27.1. The lowest BCUT2D eigenvalue weighted by Gasteiger charge is -2.31. The number of fused-ring (bicyclic) bond motifs is 1. The number of alkyl halides is 1. The van der Waals surface area contributed by atoms with Gasteiger partial charge in [-0.25, -0.2) is 9.37 Å². The molecule has 1 aromatic heterocycles. The molecule has 0 saturated heterocycles. The number of benzene rings is 1. The molecule has 2 amide bonds. The Hall–Kier alpha value is -3.43. The lowest BCUT2D eigenvalue weighted by Crippen LogP contribution is -2.41. The summed E-state index contributed by atoms with van der Waals surface area (Å²) in [5, 5.41) is 6.29. The number of carbonyl (C=O) groups excluding carboxylic acids is 2. The van der Waals surface area contributed by atoms with Crippen molar-refractivity contribution in [2.45, 2.75) is 82.5 Å². The van der Waals surface area contributed by atoms with Crippen molar-refractivity contribution in [1.82, 2.24) is 15.3 Å². The Morgan fingerprint density at radius 1 is 1.13 bits per heavy atom. The Bertz CT molecular complexity index is 1250. The fraction of sp³-hybridized carbons (Fsp3) is 0.586. The Morgan fingerprint density at radius 2 is 1.87 bits per heavy atom. The van der Waals surface area contributed by atoms with Gasteiger partial charge in [-0.05, 0) is 69.6 Å². The topological polar surface area (TPSA) is 99.7 Å². The van der Waals surface area contributed by atoms with E-state index in [0.29, 0.717) is 61.2 Å². The Labute approximate surface area is 228 Å². The van der Waals surface area contributed by atoms with Gasteiger partial charge in [0.2, 0.25) is 11.9 Å². The number of carbonyl (C=O) groups is 2. The second-order valence-electron chi connectivity index (χ2n) is 11.6. The zero-order valence-electron chi connectivity index (χ0n) is 22.7. The minimum absolute atomic E-state index is 0.0103. The normalized spacial score (nSPS) is 24.3. The number of nitrogens with one attached hydrogen (secondary N) is 2. The van der Waals surface area contributed by atoms with E-state index in [9.17, 15) is 14.0 Å². The maximum absolute atomic E-state index is 13.5. The van der Waals surface area contributed by atoms with Gasteiger partial charge in [0.25, 0.3) is 5.91 Å². The number of rotatable bonds is 6. The third kappa shape index (κ3) is 5.01. The summed E-state index contributed by atoms with van der Waals surface area (Å²) in [6.45, 7) is 0.699. The van der Waals surface area contributed by atoms with E-state index in [1.165, 1.54) is 12.8 Å². The molecule has 1 aromatic carbocycles. The smallest absolute Gasteiger partial charge is 0.251 e. The summed E-state index contributed by atoms with van der Waals surface area (Å²) in [5.74, 6) is 1.64. The Balaban J connectivity index is 1.24. The van der Waals surface area contributed by atoms with Gasteiger partial charge < -0.3 is 25.2 Å². The van der Waals surface area contributed by atoms with E-state index in [0.717, 1.165) is 37.2 Å². The average molecular weight is 537 g/mol. The van der Waals surface area contributed by atoms with Crippen LogP contribution in [0.2, 0.25) is 0 Å². The first-order chi connectivity index (χ1) is 18.9. The molecule has 39 heavy (non-hydrogen) atoms. The number of ether oxygens (including phenoxy) is 1. The maximum Gasteiger partial charge on any atom is 0.251 e. The van der Waals surface area contributed by atoms with Crippen LogP contribution < -0.4 is 25.2 Å². The van der Waals surface area contributed by atoms with Crippen LogP contribution in [0.5, 0.6) is 5.75 Å². The summed E-state index contributed by atoms with van der Waals surface area (Å²) in [4.78, 5) is 39.7. The third-order valence-electron chi connectivity index (χ3n) is 8.94. The molecule has 2 aromatic rings. The van der Waals surface area contributed by atoms with E-state index >= 15 is 0 Å². The highest BCUT2D eigenvalue weighted by Crippen LogP contribution is 2.52. The first-order valence-corrected chi connectivity index (χ1v) is 14.2. The van der Waals surface area contributed by atoms with Crippen LogP contribution in [0.1, 0.15) is 74.6 Å². The molecular formula is C29H37FN6O3. The van der Waals surface area contributed by atoms with Crippen molar-refractivity contribution in [2.24, 2.45) is 5.41 Å². The predicted molar refractivity (Wildman–Crippen MR) is 148 cm³/mol. The van der Waals surface area contributed by atoms with Crippen molar-refractivity contribution in [1.29, 1.82) is 0 Å². The zero-order valence-corrected chi connectivity index (χ0v) is 22.7. The van der Waals surface area contributed by atoms with Crippen LogP contribution >= 0.6 is 0 Å². The molecular weight excluding hydrogens is 499 g/mol. The highest BCUT2D eigenvalue weighted by molar-refractivity contribution is 6.03. The van der Waals surface area contributed by atoms with Crippen molar-refractivity contribution in [3.63, 3.8) is 0 Å². The molecule has 6 rings (SSSR count). The number of hydrogen-bond acceptors (Lipinski definition) is 7. The Morgan fingerprint density at radius 3 is 2.56 bits per heavy atom. The van der Waals surface area contributed by atoms with Gasteiger partial charge in [0.15, 0.2) is 5.82 Å². The van der Waals surface area contributed by atoms with Crippen LogP contribution in [0.15, 0.2) is 24.4 Å². The Kier molecular flexibility index (Phi) is 6.81. The van der Waals surface area contributed by atoms with Crippen LogP contribution in [0.25, 0.3) is 0 Å². The largest absolute Gasteiger partial charge is 0.495 e. The van der Waals surface area contributed by atoms with Gasteiger partial charge in [-0.15, -0.1) is 0 Å². The average Bonchev–Trinajstić information content (AvgIpc) is 3.55. The fourth-order valence-corrected chi connectivity index (χ4v) is 6.37. The molecule has 3 aliphatic carbocycles. The molecule has 10 heteroatoms. The lowest BCUT2D eigenvalue weighted by atomic mass is 9.94. The van der Waals surface area contributed by atoms with E-state index in [-0.39, 0.29) is 23.3 Å². The predicted octanol–water partition coefficient (Wildman–Crippen LogP) is 4.74. The third-order valence-corrected chi connectivity index (χ3v) is 8.94. The van der Waals surface area contributed by atoms with Crippen molar-refractivity contribution in [2.75, 3.05) is 35.8 Å². The van der Waals surface area contributed by atoms with Gasteiger partial charge in [0, 0.05) is 31.2 Å². The standard InChI is InChI=1S/C29H37FN6O3/c1-35-23-16-31-28(34-25(23)36(21-5-3-4-6-21)17-29(13-14-29)27(35)38)33-22-12-7-18(15-24(22)39-2)26(37)32-20-10-8-19(30)9-11-20/h7,12,15-16,19-21H,3-6,8-11,13-14,17H2,1-2H3,(H,32,37)(H,31,33,34)/t19-,20-. The molecule has 2 heterocycles. The number of methoxy groups -OCH3 is 1. The molecule has 9 nitrogen and oxygen atoms in total. The van der Waals surface area contributed by atoms with Gasteiger partial charge in [-0.3, -0.25) is 9.59 Å². The fourth-order valence-electron chi connectivity index (χ4n) is 6.37. The monoisotopic (exact) mass is 536 g/mol. The van der Waals surface area contributed by atoms with Crippen LogP contribution in [0.4, 0.5) is 27.5 Å². The van der Waals surface area contributed by atoms with Gasteiger partial charge in [0.1, 0.15) is 17.6 Å². The number of amides is 2. The molecule has 3 fully saturated rings. The highest BCUT2D eigenvalue weighted by Gasteiger charge is 2.55. The molecule has 1 aliphatic heterocycles. The molecule has 0 unspecified atom stereocenters. The van der Waals surface area contributed by atoms with Gasteiger partial charge in [-0.2, -0.15) is 4.98 Å². The van der Waals surface area contributed by atoms with Crippen LogP contribution in [0, 0.1) is 5.41 Å². The minimum Gasteiger partial charge on any atom is -0.495 e.